The van der Waals surface area contributed by atoms with Gasteiger partial charge in [0.25, 0.3) is 10.1 Å². The molecule has 0 spiro atoms. The van der Waals surface area contributed by atoms with Crippen LogP contribution in [0.25, 0.3) is 0 Å². The van der Waals surface area contributed by atoms with E-state index in [2.05, 4.69) is 19.2 Å². The second kappa shape index (κ2) is 15.9. The molecule has 0 aliphatic rings. The van der Waals surface area contributed by atoms with E-state index in [0.29, 0.717) is 19.4 Å². The van der Waals surface area contributed by atoms with Crippen LogP contribution in [0.1, 0.15) is 70.8 Å². The molecule has 1 aromatic rings. The maximum atomic E-state index is 11.5. The summed E-state index contributed by atoms with van der Waals surface area (Å²) < 4.78 is 34.7. The van der Waals surface area contributed by atoms with E-state index in [0.717, 1.165) is 24.0 Å². The molecule has 0 radical (unpaired) electrons. The van der Waals surface area contributed by atoms with Crippen LogP contribution >= 0.6 is 0 Å². The molecule has 6 nitrogen and oxygen atoms in total. The Morgan fingerprint density at radius 3 is 2.27 bits per heavy atom. The van der Waals surface area contributed by atoms with Gasteiger partial charge in [0, 0.05) is 12.5 Å². The predicted octanol–water partition coefficient (Wildman–Crippen LogP) is 4.97. The summed E-state index contributed by atoms with van der Waals surface area (Å²) >= 11 is 0. The van der Waals surface area contributed by atoms with Crippen molar-refractivity contribution in [2.75, 3.05) is 6.61 Å². The number of esters is 1. The average Bonchev–Trinajstić information content (AvgIpc) is 2.70. The molecule has 1 rings (SSSR count). The number of hydrogen-bond acceptors (Lipinski definition) is 5. The molecule has 1 unspecified atom stereocenters. The van der Waals surface area contributed by atoms with Crippen LogP contribution in [0.4, 0.5) is 0 Å². The quantitative estimate of drug-likeness (QED) is 0.206. The predicted molar refractivity (Wildman–Crippen MR) is 121 cm³/mol. The van der Waals surface area contributed by atoms with Crippen molar-refractivity contribution >= 4 is 16.1 Å². The number of benzene rings is 1. The third-order valence-corrected chi connectivity index (χ3v) is 5.44. The first-order valence-electron chi connectivity index (χ1n) is 10.4. The zero-order valence-electron chi connectivity index (χ0n) is 18.5. The van der Waals surface area contributed by atoms with Crippen molar-refractivity contribution in [1.29, 1.82) is 0 Å². The monoisotopic (exact) mass is 439 g/mol. The Balaban J connectivity index is 0.000000642. The zero-order chi connectivity index (χ0) is 23.0. The smallest absolute Gasteiger partial charge is 0.305 e. The van der Waals surface area contributed by atoms with Gasteiger partial charge in [-0.15, -0.1) is 5.73 Å². The normalized spacial score (nSPS) is 11.6. The van der Waals surface area contributed by atoms with Gasteiger partial charge in [0.15, 0.2) is 0 Å². The molecule has 0 aromatic heterocycles. The maximum absolute atomic E-state index is 11.5. The Bertz CT molecular complexity index is 765. The summed E-state index contributed by atoms with van der Waals surface area (Å²) in [4.78, 5) is 11.4. The summed E-state index contributed by atoms with van der Waals surface area (Å²) in [5, 5.41) is 0. The standard InChI is InChI=1S/C16H29NO2.C7H8O3S/c1-4-6-7-8-9-10-13-19-16(18)12-11-15(17)14(3)5-2;1-6-2-4-7(5-3-6)11(8,9)10/h15H,2,4,6-13,17H2,1,3H3;2-5H,1H3,(H,8,9,10). The van der Waals surface area contributed by atoms with Crippen molar-refractivity contribution < 1.29 is 22.5 Å². The van der Waals surface area contributed by atoms with Gasteiger partial charge in [-0.1, -0.05) is 63.3 Å². The Morgan fingerprint density at radius 2 is 1.73 bits per heavy atom. The molecule has 0 aliphatic carbocycles. The van der Waals surface area contributed by atoms with E-state index in [4.69, 9.17) is 15.0 Å². The summed E-state index contributed by atoms with van der Waals surface area (Å²) in [7, 11) is -4.02. The Morgan fingerprint density at radius 1 is 1.17 bits per heavy atom. The van der Waals surface area contributed by atoms with Crippen LogP contribution in [-0.2, 0) is 19.6 Å². The molecule has 3 N–H and O–H groups in total. The van der Waals surface area contributed by atoms with E-state index >= 15 is 0 Å². The highest BCUT2D eigenvalue weighted by Crippen LogP contribution is 2.09. The number of rotatable bonds is 12. The lowest BCUT2D eigenvalue weighted by Gasteiger charge is -2.10. The Hall–Kier alpha value is -1.92. The van der Waals surface area contributed by atoms with Gasteiger partial charge in [0.05, 0.1) is 11.5 Å². The lowest BCUT2D eigenvalue weighted by molar-refractivity contribution is -0.143. The van der Waals surface area contributed by atoms with Crippen LogP contribution < -0.4 is 5.73 Å². The highest BCUT2D eigenvalue weighted by Gasteiger charge is 2.09. The topological polar surface area (TPSA) is 107 Å². The third-order valence-electron chi connectivity index (χ3n) is 4.57. The van der Waals surface area contributed by atoms with Crippen molar-refractivity contribution in [3.8, 4) is 0 Å². The molecule has 30 heavy (non-hydrogen) atoms. The molecule has 170 valence electrons. The highest BCUT2D eigenvalue weighted by molar-refractivity contribution is 7.85. The lowest BCUT2D eigenvalue weighted by atomic mass is 10.1. The maximum Gasteiger partial charge on any atom is 0.305 e. The van der Waals surface area contributed by atoms with Gasteiger partial charge in [-0.25, -0.2) is 0 Å². The number of ether oxygens (including phenoxy) is 1. The second-order valence-corrected chi connectivity index (χ2v) is 8.70. The molecule has 0 heterocycles. The average molecular weight is 440 g/mol. The number of nitrogens with two attached hydrogens (primary N) is 1. The van der Waals surface area contributed by atoms with E-state index in [1.54, 1.807) is 12.1 Å². The van der Waals surface area contributed by atoms with Crippen LogP contribution in [0.15, 0.2) is 47.0 Å². The number of unbranched alkanes of at least 4 members (excludes halogenated alkanes) is 5. The molecule has 0 aliphatic heterocycles. The van der Waals surface area contributed by atoms with Crippen molar-refractivity contribution in [1.82, 2.24) is 0 Å². The number of carbonyl (C=O) groups excluding carboxylic acids is 1. The van der Waals surface area contributed by atoms with E-state index in [-0.39, 0.29) is 16.9 Å². The SMILES string of the molecule is C=C=C(C)C(N)CCC(=O)OCCCCCCCC.Cc1ccc(S(=O)(=O)O)cc1. The molecule has 7 heteroatoms. The largest absolute Gasteiger partial charge is 0.466 e. The molecular formula is C23H37NO5S. The molecule has 0 saturated heterocycles. The van der Waals surface area contributed by atoms with Crippen molar-refractivity contribution in [2.24, 2.45) is 5.73 Å². The van der Waals surface area contributed by atoms with E-state index in [1.165, 1.54) is 37.8 Å². The third kappa shape index (κ3) is 14.1. The Labute approximate surface area is 182 Å². The fraction of sp³-hybridized carbons (Fsp3) is 0.565. The van der Waals surface area contributed by atoms with E-state index in [1.807, 2.05) is 13.8 Å². The summed E-state index contributed by atoms with van der Waals surface area (Å²) in [6.45, 7) is 10.00. The van der Waals surface area contributed by atoms with Crippen molar-refractivity contribution in [3.05, 3.63) is 47.7 Å². The minimum atomic E-state index is -4.02. The minimum Gasteiger partial charge on any atom is -0.466 e. The summed E-state index contributed by atoms with van der Waals surface area (Å²) in [6.07, 6.45) is 8.16. The van der Waals surface area contributed by atoms with Crippen molar-refractivity contribution in [2.45, 2.75) is 83.1 Å². The second-order valence-electron chi connectivity index (χ2n) is 7.28. The van der Waals surface area contributed by atoms with E-state index < -0.39 is 10.1 Å². The fourth-order valence-electron chi connectivity index (χ4n) is 2.47. The first-order valence-corrected chi connectivity index (χ1v) is 11.9. The van der Waals surface area contributed by atoms with Gasteiger partial charge in [-0.3, -0.25) is 9.35 Å². The number of aryl methyl sites for hydroxylation is 1. The number of carbonyl (C=O) groups is 1. The van der Waals surface area contributed by atoms with Crippen LogP contribution in [0.5, 0.6) is 0 Å². The van der Waals surface area contributed by atoms with Crippen LogP contribution in [-0.4, -0.2) is 31.6 Å². The molecule has 1 aromatic carbocycles. The summed E-state index contributed by atoms with van der Waals surface area (Å²) in [6, 6.07) is 5.85. The van der Waals surface area contributed by atoms with Gasteiger partial charge in [-0.05, 0) is 44.4 Å². The zero-order valence-corrected chi connectivity index (χ0v) is 19.3. The summed E-state index contributed by atoms with van der Waals surface area (Å²) in [5.41, 5.74) is 10.5. The first-order chi connectivity index (χ1) is 14.1. The van der Waals surface area contributed by atoms with Gasteiger partial charge in [0.1, 0.15) is 0 Å². The molecule has 0 amide bonds. The van der Waals surface area contributed by atoms with Crippen LogP contribution in [0, 0.1) is 6.92 Å². The highest BCUT2D eigenvalue weighted by atomic mass is 32.2. The van der Waals surface area contributed by atoms with Gasteiger partial charge in [-0.2, -0.15) is 8.42 Å². The molecular weight excluding hydrogens is 402 g/mol. The fourth-order valence-corrected chi connectivity index (χ4v) is 2.95. The van der Waals surface area contributed by atoms with Crippen LogP contribution in [0.2, 0.25) is 0 Å². The van der Waals surface area contributed by atoms with Gasteiger partial charge < -0.3 is 10.5 Å². The van der Waals surface area contributed by atoms with Crippen LogP contribution in [0.3, 0.4) is 0 Å². The van der Waals surface area contributed by atoms with E-state index in [9.17, 15) is 13.2 Å². The Kier molecular flexibility index (Phi) is 14.8. The molecule has 0 bridgehead atoms. The minimum absolute atomic E-state index is 0.0666. The summed E-state index contributed by atoms with van der Waals surface area (Å²) in [5.74, 6) is -0.152. The van der Waals surface area contributed by atoms with Gasteiger partial charge in [0.2, 0.25) is 0 Å². The molecule has 0 saturated carbocycles. The van der Waals surface area contributed by atoms with Gasteiger partial charge >= 0.3 is 5.97 Å². The molecule has 1 atom stereocenters. The lowest BCUT2D eigenvalue weighted by Crippen LogP contribution is -2.22. The first kappa shape index (κ1) is 28.1. The molecule has 0 fully saturated rings. The number of hydrogen-bond donors (Lipinski definition) is 2. The van der Waals surface area contributed by atoms with Crippen molar-refractivity contribution in [3.63, 3.8) is 0 Å².